The van der Waals surface area contributed by atoms with E-state index in [1.807, 2.05) is 0 Å². The van der Waals surface area contributed by atoms with Crippen molar-refractivity contribution in [1.29, 1.82) is 0 Å². The zero-order valence-electron chi connectivity index (χ0n) is 2.27. The standard InChI is InChI=1S/C2HO2.Eu/c3-1-2-4;/h1H;/q-1;. The van der Waals surface area contributed by atoms with Gasteiger partial charge in [-0.3, -0.25) is 0 Å². The molecule has 0 rings (SSSR count). The number of hydrogen-bond acceptors (Lipinski definition) is 2. The summed E-state index contributed by atoms with van der Waals surface area (Å²) in [4.78, 5) is 17.4. The molecule has 0 saturated carbocycles. The van der Waals surface area contributed by atoms with Gasteiger partial charge < -0.3 is 9.59 Å². The number of carbonyl (C=O) groups is 1. The molecule has 0 aliphatic heterocycles. The summed E-state index contributed by atoms with van der Waals surface area (Å²) in [7, 11) is 0. The normalized spacial score (nSPS) is 4.00. The molecule has 0 spiro atoms. The van der Waals surface area contributed by atoms with Crippen LogP contribution in [0.5, 0.6) is 0 Å². The van der Waals surface area contributed by atoms with Crippen LogP contribution >= 0.6 is 0 Å². The van der Waals surface area contributed by atoms with Gasteiger partial charge in [0.25, 0.3) is 0 Å². The van der Waals surface area contributed by atoms with Gasteiger partial charge in [0, 0.05) is 55.7 Å². The topological polar surface area (TPSA) is 34.1 Å². The summed E-state index contributed by atoms with van der Waals surface area (Å²) in [5, 5.41) is 0. The quantitative estimate of drug-likeness (QED) is 0.325. The molecule has 0 aliphatic rings. The van der Waals surface area contributed by atoms with Crippen molar-refractivity contribution in [2.45, 2.75) is 0 Å². The van der Waals surface area contributed by atoms with Gasteiger partial charge in [-0.15, -0.1) is 0 Å². The number of hydrogen-bond donors (Lipinski definition) is 0. The Balaban J connectivity index is 0. The maximum Gasteiger partial charge on any atom is 0.00115 e. The van der Waals surface area contributed by atoms with Gasteiger partial charge in [-0.1, -0.05) is 0 Å². The van der Waals surface area contributed by atoms with E-state index >= 15 is 0 Å². The first-order valence-electron chi connectivity index (χ1n) is 0.729. The van der Waals surface area contributed by atoms with Crippen LogP contribution in [0.3, 0.4) is 0 Å². The van der Waals surface area contributed by atoms with E-state index in [-0.39, 0.29) is 55.7 Å². The van der Waals surface area contributed by atoms with E-state index in [1.54, 1.807) is 0 Å². The minimum Gasteiger partial charge on any atom is -0.534 e. The Hall–Kier alpha value is 0.924. The summed E-state index contributed by atoms with van der Waals surface area (Å²) in [5.41, 5.74) is 0. The van der Waals surface area contributed by atoms with E-state index in [0.717, 1.165) is 6.29 Å². The third-order valence-corrected chi connectivity index (χ3v) is 0.0481. The van der Waals surface area contributed by atoms with Crippen LogP contribution in [-0.2, 0) is 9.59 Å². The zero-order valence-corrected chi connectivity index (χ0v) is 4.70. The minimum atomic E-state index is 0. The fraction of sp³-hybridized carbons (Fsp3) is 0. The smallest absolute Gasteiger partial charge is 0.00115 e. The van der Waals surface area contributed by atoms with Crippen molar-refractivity contribution in [3.63, 3.8) is 0 Å². The molecule has 2 nitrogen and oxygen atoms in total. The molecule has 0 aromatic carbocycles. The van der Waals surface area contributed by atoms with Crippen molar-refractivity contribution >= 4 is 12.6 Å². The second-order valence-electron chi connectivity index (χ2n) is 0.236. The second kappa shape index (κ2) is 8.87. The third-order valence-electron chi connectivity index (χ3n) is 0.0481. The first kappa shape index (κ1) is 9.33. The third kappa shape index (κ3) is 11.4. The van der Waals surface area contributed by atoms with E-state index in [9.17, 15) is 0 Å². The van der Waals surface area contributed by atoms with Crippen LogP contribution < -0.4 is 0 Å². The Morgan fingerprint density at radius 3 is 1.80 bits per heavy atom. The van der Waals surface area contributed by atoms with E-state index in [0.29, 0.717) is 0 Å². The van der Waals surface area contributed by atoms with Crippen LogP contribution in [0, 0.1) is 49.4 Å². The van der Waals surface area contributed by atoms with E-state index < -0.39 is 0 Å². The maximum absolute atomic E-state index is 8.75. The van der Waals surface area contributed by atoms with Gasteiger partial charge in [0.1, 0.15) is 0 Å². The van der Waals surface area contributed by atoms with Gasteiger partial charge >= 0.3 is 0 Å². The average Bonchev–Trinajstić information content (AvgIpc) is 1.37. The molecule has 0 bridgehead atoms. The number of rotatable bonds is 1. The number of carbonyl (C=O) groups excluding carboxylic acids is 2. The van der Waals surface area contributed by atoms with Crippen molar-refractivity contribution in [3.05, 3.63) is 0 Å². The molecule has 0 aromatic heterocycles. The molecule has 0 atom stereocenters. The van der Waals surface area contributed by atoms with Crippen molar-refractivity contribution in [3.8, 4) is 0 Å². The van der Waals surface area contributed by atoms with Gasteiger partial charge in [-0.25, -0.2) is 0 Å². The van der Waals surface area contributed by atoms with Crippen molar-refractivity contribution < 1.29 is 59.0 Å². The Bertz CT molecular complexity index is 28.6. The number of aldehydes is 1. The van der Waals surface area contributed by atoms with Gasteiger partial charge in [0.15, 0.2) is 0 Å². The van der Waals surface area contributed by atoms with E-state index in [4.69, 9.17) is 9.59 Å². The van der Waals surface area contributed by atoms with Crippen LogP contribution in [-0.4, -0.2) is 12.6 Å². The summed E-state index contributed by atoms with van der Waals surface area (Å²) in [6.07, 6.45) is 1.07. The van der Waals surface area contributed by atoms with Crippen molar-refractivity contribution in [2.24, 2.45) is 0 Å². The van der Waals surface area contributed by atoms with Crippen molar-refractivity contribution in [1.82, 2.24) is 0 Å². The molecule has 0 aromatic rings. The van der Waals surface area contributed by atoms with Crippen molar-refractivity contribution in [2.75, 3.05) is 0 Å². The van der Waals surface area contributed by atoms with Crippen LogP contribution in [0.15, 0.2) is 0 Å². The Kier molecular flexibility index (Phi) is 16.5. The molecule has 0 amide bonds. The summed E-state index contributed by atoms with van der Waals surface area (Å²) < 4.78 is 0. The molecule has 1 radical (unpaired) electrons. The molecule has 0 N–H and O–H groups in total. The molecule has 0 fully saturated rings. The van der Waals surface area contributed by atoms with Crippen LogP contribution in [0.4, 0.5) is 0 Å². The molecule has 0 heterocycles. The molecular weight excluding hydrogens is 208 g/mol. The second-order valence-corrected chi connectivity index (χ2v) is 0.236. The molecule has 5 heavy (non-hydrogen) atoms. The van der Waals surface area contributed by atoms with Crippen LogP contribution in [0.25, 0.3) is 0 Å². The SMILES string of the molecule is O=[C-]C=O.[Eu]. The largest absolute Gasteiger partial charge is 0.534 e. The van der Waals surface area contributed by atoms with Gasteiger partial charge in [-0.2, -0.15) is 6.29 Å². The van der Waals surface area contributed by atoms with Gasteiger partial charge in [-0.05, 0) is 0 Å². The first-order valence-corrected chi connectivity index (χ1v) is 0.729. The first-order chi connectivity index (χ1) is 1.91. The summed E-state index contributed by atoms with van der Waals surface area (Å²) in [6.45, 7) is 0. The average molecular weight is 209 g/mol. The molecule has 29 valence electrons. The van der Waals surface area contributed by atoms with Crippen LogP contribution in [0.1, 0.15) is 0 Å². The Morgan fingerprint density at radius 2 is 1.80 bits per heavy atom. The fourth-order valence-corrected chi connectivity index (χ4v) is 0. The molecule has 0 aliphatic carbocycles. The van der Waals surface area contributed by atoms with Gasteiger partial charge in [0.05, 0.1) is 0 Å². The predicted molar refractivity (Wildman–Crippen MR) is 11.8 cm³/mol. The molecule has 0 saturated heterocycles. The van der Waals surface area contributed by atoms with E-state index in [1.165, 1.54) is 0 Å². The molecule has 0 unspecified atom stereocenters. The zero-order chi connectivity index (χ0) is 3.41. The molecular formula is C2HEuO2-. The Morgan fingerprint density at radius 1 is 1.60 bits per heavy atom. The van der Waals surface area contributed by atoms with Crippen LogP contribution in [0.2, 0.25) is 0 Å². The van der Waals surface area contributed by atoms with E-state index in [2.05, 4.69) is 0 Å². The maximum atomic E-state index is 8.75. The fourth-order valence-electron chi connectivity index (χ4n) is 0. The summed E-state index contributed by atoms with van der Waals surface area (Å²) in [5.74, 6) is 0. The monoisotopic (exact) mass is 210 g/mol. The summed E-state index contributed by atoms with van der Waals surface area (Å²) in [6, 6.07) is 0. The Labute approximate surface area is 70.5 Å². The minimum absolute atomic E-state index is 0. The molecule has 3 heteroatoms. The summed E-state index contributed by atoms with van der Waals surface area (Å²) >= 11 is 0. The predicted octanol–water partition coefficient (Wildman–Crippen LogP) is -0.705. The van der Waals surface area contributed by atoms with Gasteiger partial charge in [0.2, 0.25) is 0 Å².